The van der Waals surface area contributed by atoms with Crippen molar-refractivity contribution in [1.29, 1.82) is 0 Å². The zero-order valence-corrected chi connectivity index (χ0v) is 11.5. The molecule has 0 aromatic rings. The number of hydrogen-bond donors (Lipinski definition) is 2. The number of nitrogens with one attached hydrogen (secondary N) is 1. The number of carbonyl (C=O) groups excluding carboxylic acids is 2. The molecule has 0 rings (SSSR count). The predicted molar refractivity (Wildman–Crippen MR) is 64.4 cm³/mol. The van der Waals surface area contributed by atoms with Gasteiger partial charge in [-0.1, -0.05) is 6.92 Å². The molecule has 5 nitrogen and oxygen atoms in total. The zero-order valence-electron chi connectivity index (χ0n) is 11.5. The molecule has 5 heteroatoms. The number of rotatable bonds is 6. The monoisotopic (exact) mass is 245 g/mol. The van der Waals surface area contributed by atoms with E-state index in [1.807, 2.05) is 0 Å². The minimum atomic E-state index is -1.25. The summed E-state index contributed by atoms with van der Waals surface area (Å²) >= 11 is 0. The third kappa shape index (κ3) is 3.19. The van der Waals surface area contributed by atoms with Gasteiger partial charge < -0.3 is 15.2 Å². The third-order valence-corrected chi connectivity index (χ3v) is 3.48. The molecule has 100 valence electrons. The Balaban J connectivity index is 5.39. The predicted octanol–water partition coefficient (Wildman–Crippen LogP) is 0.994. The Morgan fingerprint density at radius 3 is 2.06 bits per heavy atom. The van der Waals surface area contributed by atoms with Gasteiger partial charge in [0.1, 0.15) is 11.1 Å². The minimum Gasteiger partial charge on any atom is -0.459 e. The summed E-state index contributed by atoms with van der Waals surface area (Å²) in [5.74, 6) is -0.211. The molecular formula is C12H23NO4. The summed E-state index contributed by atoms with van der Waals surface area (Å²) in [4.78, 5) is 22.1. The van der Waals surface area contributed by atoms with E-state index in [2.05, 4.69) is 5.32 Å². The SMILES string of the molecule is CCC(=O)NC(C)(C(C)(C)O)C(C)(C)OC=O. The minimum absolute atomic E-state index is 0.211. The van der Waals surface area contributed by atoms with E-state index in [1.165, 1.54) is 0 Å². The molecule has 1 unspecified atom stereocenters. The van der Waals surface area contributed by atoms with Gasteiger partial charge in [0.15, 0.2) is 0 Å². The van der Waals surface area contributed by atoms with Crippen molar-refractivity contribution in [3.05, 3.63) is 0 Å². The zero-order chi connectivity index (χ0) is 13.9. The summed E-state index contributed by atoms with van der Waals surface area (Å²) in [5, 5.41) is 13.0. The highest BCUT2D eigenvalue weighted by molar-refractivity contribution is 5.76. The lowest BCUT2D eigenvalue weighted by Crippen LogP contribution is -2.71. The maximum Gasteiger partial charge on any atom is 0.293 e. The second-order valence-electron chi connectivity index (χ2n) is 5.31. The Bertz CT molecular complexity index is 293. The van der Waals surface area contributed by atoms with Gasteiger partial charge in [0, 0.05) is 6.42 Å². The second-order valence-corrected chi connectivity index (χ2v) is 5.31. The van der Waals surface area contributed by atoms with Gasteiger partial charge in [-0.25, -0.2) is 0 Å². The Labute approximate surface area is 103 Å². The van der Waals surface area contributed by atoms with Crippen molar-refractivity contribution in [3.8, 4) is 0 Å². The number of carbonyl (C=O) groups is 2. The van der Waals surface area contributed by atoms with Crippen LogP contribution in [0.1, 0.15) is 48.0 Å². The molecule has 2 N–H and O–H groups in total. The van der Waals surface area contributed by atoms with Gasteiger partial charge in [-0.3, -0.25) is 9.59 Å². The summed E-state index contributed by atoms with van der Waals surface area (Å²) < 4.78 is 5.01. The Hall–Kier alpha value is -1.10. The van der Waals surface area contributed by atoms with Crippen LogP contribution in [0.15, 0.2) is 0 Å². The summed E-state index contributed by atoms with van der Waals surface area (Å²) in [5.41, 5.74) is -3.36. The lowest BCUT2D eigenvalue weighted by Gasteiger charge is -2.50. The standard InChI is InChI=1S/C12H23NO4/c1-7-9(15)13-12(6,10(2,3)16)11(4,5)17-8-14/h8,16H,7H2,1-6H3,(H,13,15). The summed E-state index contributed by atoms with van der Waals surface area (Å²) in [6.45, 7) is 10.1. The van der Waals surface area contributed by atoms with E-state index in [-0.39, 0.29) is 5.91 Å². The molecule has 0 saturated carbocycles. The molecule has 0 heterocycles. The van der Waals surface area contributed by atoms with Crippen molar-refractivity contribution >= 4 is 12.4 Å². The fraction of sp³-hybridized carbons (Fsp3) is 0.833. The molecule has 0 aromatic carbocycles. The fourth-order valence-corrected chi connectivity index (χ4v) is 1.65. The molecule has 0 spiro atoms. The number of amides is 1. The molecule has 0 aliphatic carbocycles. The van der Waals surface area contributed by atoms with Crippen LogP contribution in [0.2, 0.25) is 0 Å². The quantitative estimate of drug-likeness (QED) is 0.684. The van der Waals surface area contributed by atoms with Gasteiger partial charge in [0.05, 0.1) is 5.60 Å². The molecule has 0 aliphatic rings. The highest BCUT2D eigenvalue weighted by Gasteiger charge is 2.53. The Kier molecular flexibility index (Phi) is 4.71. The Morgan fingerprint density at radius 2 is 1.76 bits per heavy atom. The number of hydrogen-bond acceptors (Lipinski definition) is 4. The van der Waals surface area contributed by atoms with Crippen LogP contribution < -0.4 is 5.32 Å². The van der Waals surface area contributed by atoms with E-state index in [0.29, 0.717) is 12.9 Å². The average molecular weight is 245 g/mol. The summed E-state index contributed by atoms with van der Waals surface area (Å²) in [7, 11) is 0. The first-order chi connectivity index (χ1) is 7.52. The average Bonchev–Trinajstić information content (AvgIpc) is 2.15. The van der Waals surface area contributed by atoms with Crippen LogP contribution in [0.25, 0.3) is 0 Å². The van der Waals surface area contributed by atoms with Crippen LogP contribution in [-0.4, -0.2) is 34.2 Å². The van der Waals surface area contributed by atoms with Crippen LogP contribution in [0.3, 0.4) is 0 Å². The highest BCUT2D eigenvalue weighted by Crippen LogP contribution is 2.34. The second kappa shape index (κ2) is 5.04. The molecule has 0 aliphatic heterocycles. The van der Waals surface area contributed by atoms with E-state index in [4.69, 9.17) is 4.74 Å². The van der Waals surface area contributed by atoms with Crippen LogP contribution >= 0.6 is 0 Å². The molecule has 0 fully saturated rings. The maximum absolute atomic E-state index is 11.6. The van der Waals surface area contributed by atoms with Crippen molar-refractivity contribution < 1.29 is 19.4 Å². The van der Waals surface area contributed by atoms with Gasteiger partial charge in [-0.15, -0.1) is 0 Å². The largest absolute Gasteiger partial charge is 0.459 e. The summed E-state index contributed by atoms with van der Waals surface area (Å²) in [6, 6.07) is 0. The van der Waals surface area contributed by atoms with E-state index in [1.54, 1.807) is 41.5 Å². The van der Waals surface area contributed by atoms with Crippen LogP contribution in [0.5, 0.6) is 0 Å². The van der Waals surface area contributed by atoms with E-state index in [0.717, 1.165) is 0 Å². The first kappa shape index (κ1) is 15.9. The molecule has 17 heavy (non-hydrogen) atoms. The van der Waals surface area contributed by atoms with Gasteiger partial charge in [-0.2, -0.15) is 0 Å². The number of ether oxygens (including phenoxy) is 1. The van der Waals surface area contributed by atoms with Crippen molar-refractivity contribution in [2.24, 2.45) is 0 Å². The molecular weight excluding hydrogens is 222 g/mol. The smallest absolute Gasteiger partial charge is 0.293 e. The third-order valence-electron chi connectivity index (χ3n) is 3.48. The van der Waals surface area contributed by atoms with Crippen LogP contribution in [0.4, 0.5) is 0 Å². The molecule has 0 aromatic heterocycles. The fourth-order valence-electron chi connectivity index (χ4n) is 1.65. The van der Waals surface area contributed by atoms with Crippen molar-refractivity contribution in [2.45, 2.75) is 64.7 Å². The lowest BCUT2D eigenvalue weighted by molar-refractivity contribution is -0.169. The van der Waals surface area contributed by atoms with Gasteiger partial charge in [-0.05, 0) is 34.6 Å². The van der Waals surface area contributed by atoms with Crippen molar-refractivity contribution in [1.82, 2.24) is 5.32 Å². The van der Waals surface area contributed by atoms with Crippen molar-refractivity contribution in [2.75, 3.05) is 0 Å². The Morgan fingerprint density at radius 1 is 1.29 bits per heavy atom. The molecule has 1 amide bonds. The lowest BCUT2D eigenvalue weighted by atomic mass is 9.72. The topological polar surface area (TPSA) is 75.6 Å². The molecule has 1 atom stereocenters. The van der Waals surface area contributed by atoms with E-state index in [9.17, 15) is 14.7 Å². The van der Waals surface area contributed by atoms with E-state index >= 15 is 0 Å². The molecule has 0 radical (unpaired) electrons. The van der Waals surface area contributed by atoms with E-state index < -0.39 is 16.7 Å². The molecule has 0 bridgehead atoms. The first-order valence-corrected chi connectivity index (χ1v) is 5.66. The van der Waals surface area contributed by atoms with Crippen LogP contribution in [0, 0.1) is 0 Å². The highest BCUT2D eigenvalue weighted by atomic mass is 16.5. The van der Waals surface area contributed by atoms with Crippen LogP contribution in [-0.2, 0) is 14.3 Å². The molecule has 0 saturated heterocycles. The maximum atomic E-state index is 11.6. The normalized spacial score (nSPS) is 15.9. The summed E-state index contributed by atoms with van der Waals surface area (Å²) in [6.07, 6.45) is 0.294. The first-order valence-electron chi connectivity index (χ1n) is 5.66. The van der Waals surface area contributed by atoms with Gasteiger partial charge >= 0.3 is 0 Å². The number of aliphatic hydroxyl groups is 1. The van der Waals surface area contributed by atoms with Gasteiger partial charge in [0.25, 0.3) is 6.47 Å². The van der Waals surface area contributed by atoms with Gasteiger partial charge in [0.2, 0.25) is 5.91 Å². The van der Waals surface area contributed by atoms with Crippen molar-refractivity contribution in [3.63, 3.8) is 0 Å².